The molecule has 1 unspecified atom stereocenters. The number of nitrogens with one attached hydrogen (secondary N) is 1. The fraction of sp³-hybridized carbons (Fsp3) is 0.533. The van der Waals surface area contributed by atoms with Crippen molar-refractivity contribution >= 4 is 0 Å². The molecule has 0 aliphatic heterocycles. The van der Waals surface area contributed by atoms with Crippen LogP contribution in [0.2, 0.25) is 0 Å². The molecule has 0 bridgehead atoms. The van der Waals surface area contributed by atoms with E-state index in [4.69, 9.17) is 14.2 Å². The van der Waals surface area contributed by atoms with Gasteiger partial charge in [-0.3, -0.25) is 5.32 Å². The van der Waals surface area contributed by atoms with Gasteiger partial charge in [0.25, 0.3) is 0 Å². The summed E-state index contributed by atoms with van der Waals surface area (Å²) in [6, 6.07) is 5.41. The Kier molecular flexibility index (Phi) is 4.70. The van der Waals surface area contributed by atoms with Gasteiger partial charge in [-0.05, 0) is 31.4 Å². The van der Waals surface area contributed by atoms with Crippen molar-refractivity contribution in [3.8, 4) is 23.3 Å². The Morgan fingerprint density at radius 1 is 1.15 bits per heavy atom. The van der Waals surface area contributed by atoms with Crippen LogP contribution in [0, 0.1) is 17.2 Å². The Bertz CT molecular complexity index is 507. The van der Waals surface area contributed by atoms with E-state index < -0.39 is 6.04 Å². The zero-order valence-electron chi connectivity index (χ0n) is 12.1. The third kappa shape index (κ3) is 3.14. The van der Waals surface area contributed by atoms with E-state index in [2.05, 4.69) is 11.4 Å². The maximum atomic E-state index is 9.38. The van der Waals surface area contributed by atoms with Crippen LogP contribution in [-0.2, 0) is 0 Å². The number of ether oxygens (including phenoxy) is 3. The molecule has 5 nitrogen and oxygen atoms in total. The Hall–Kier alpha value is -1.93. The number of rotatable bonds is 7. The number of methoxy groups -OCH3 is 3. The molecule has 1 saturated carbocycles. The molecule has 0 amide bonds. The standard InChI is InChI=1S/C15H20N2O3/c1-18-13-7-15(20-3)14(19-2)6-11(13)12(8-16)17-9-10-4-5-10/h6-7,10,12,17H,4-5,9H2,1-3H3. The van der Waals surface area contributed by atoms with E-state index in [-0.39, 0.29) is 0 Å². The lowest BCUT2D eigenvalue weighted by Gasteiger charge is -2.18. The average Bonchev–Trinajstić information content (AvgIpc) is 3.31. The van der Waals surface area contributed by atoms with Crippen molar-refractivity contribution in [3.63, 3.8) is 0 Å². The van der Waals surface area contributed by atoms with E-state index in [1.807, 2.05) is 0 Å². The zero-order valence-corrected chi connectivity index (χ0v) is 12.1. The summed E-state index contributed by atoms with van der Waals surface area (Å²) in [7, 11) is 4.73. The molecule has 2 rings (SSSR count). The maximum Gasteiger partial charge on any atom is 0.164 e. The Labute approximate surface area is 119 Å². The largest absolute Gasteiger partial charge is 0.496 e. The van der Waals surface area contributed by atoms with Gasteiger partial charge in [-0.25, -0.2) is 0 Å². The lowest BCUT2D eigenvalue weighted by atomic mass is 10.1. The highest BCUT2D eigenvalue weighted by Crippen LogP contribution is 2.37. The first-order valence-corrected chi connectivity index (χ1v) is 6.66. The van der Waals surface area contributed by atoms with Gasteiger partial charge >= 0.3 is 0 Å². The van der Waals surface area contributed by atoms with Gasteiger partial charge in [0.2, 0.25) is 0 Å². The molecule has 1 aromatic rings. The normalized spacial score (nSPS) is 15.3. The highest BCUT2D eigenvalue weighted by molar-refractivity contribution is 5.52. The fourth-order valence-electron chi connectivity index (χ4n) is 2.11. The molecular formula is C15H20N2O3. The van der Waals surface area contributed by atoms with Crippen LogP contribution in [0.5, 0.6) is 17.2 Å². The molecule has 20 heavy (non-hydrogen) atoms. The minimum atomic E-state index is -0.412. The van der Waals surface area contributed by atoms with E-state index in [1.165, 1.54) is 12.8 Å². The van der Waals surface area contributed by atoms with Crippen molar-refractivity contribution < 1.29 is 14.2 Å². The quantitative estimate of drug-likeness (QED) is 0.827. The van der Waals surface area contributed by atoms with Crippen LogP contribution in [0.4, 0.5) is 0 Å². The number of nitriles is 1. The highest BCUT2D eigenvalue weighted by atomic mass is 16.5. The summed E-state index contributed by atoms with van der Waals surface area (Å²) in [5.74, 6) is 2.51. The maximum absolute atomic E-state index is 9.38. The van der Waals surface area contributed by atoms with Gasteiger partial charge in [0, 0.05) is 11.6 Å². The van der Waals surface area contributed by atoms with Gasteiger partial charge in [0.15, 0.2) is 11.5 Å². The lowest BCUT2D eigenvalue weighted by Crippen LogP contribution is -2.23. The third-order valence-corrected chi connectivity index (χ3v) is 3.48. The van der Waals surface area contributed by atoms with Crippen LogP contribution >= 0.6 is 0 Å². The van der Waals surface area contributed by atoms with Gasteiger partial charge in [-0.15, -0.1) is 0 Å². The van der Waals surface area contributed by atoms with E-state index in [9.17, 15) is 5.26 Å². The Morgan fingerprint density at radius 2 is 1.75 bits per heavy atom. The van der Waals surface area contributed by atoms with Crippen LogP contribution in [0.1, 0.15) is 24.4 Å². The van der Waals surface area contributed by atoms with Crippen LogP contribution in [0.15, 0.2) is 12.1 Å². The van der Waals surface area contributed by atoms with Crippen molar-refractivity contribution in [2.45, 2.75) is 18.9 Å². The highest BCUT2D eigenvalue weighted by Gasteiger charge is 2.24. The van der Waals surface area contributed by atoms with Crippen LogP contribution in [0.25, 0.3) is 0 Å². The molecule has 0 saturated heterocycles. The van der Waals surface area contributed by atoms with Gasteiger partial charge < -0.3 is 14.2 Å². The number of hydrogen-bond donors (Lipinski definition) is 1. The fourth-order valence-corrected chi connectivity index (χ4v) is 2.11. The summed E-state index contributed by atoms with van der Waals surface area (Å²) < 4.78 is 15.9. The summed E-state index contributed by atoms with van der Waals surface area (Å²) in [4.78, 5) is 0. The van der Waals surface area contributed by atoms with Crippen molar-refractivity contribution in [2.75, 3.05) is 27.9 Å². The lowest BCUT2D eigenvalue weighted by molar-refractivity contribution is 0.346. The van der Waals surface area contributed by atoms with E-state index in [0.29, 0.717) is 23.2 Å². The predicted octanol–water partition coefficient (Wildman–Crippen LogP) is 2.28. The molecule has 0 radical (unpaired) electrons. The first-order chi connectivity index (χ1) is 9.73. The molecule has 1 atom stereocenters. The third-order valence-electron chi connectivity index (χ3n) is 3.48. The summed E-state index contributed by atoms with van der Waals surface area (Å²) in [6.45, 7) is 0.857. The molecule has 5 heteroatoms. The average molecular weight is 276 g/mol. The molecule has 1 aliphatic carbocycles. The van der Waals surface area contributed by atoms with Gasteiger partial charge in [0.1, 0.15) is 11.8 Å². The molecule has 0 spiro atoms. The first-order valence-electron chi connectivity index (χ1n) is 6.66. The molecular weight excluding hydrogens is 256 g/mol. The minimum Gasteiger partial charge on any atom is -0.496 e. The molecule has 1 aromatic carbocycles. The minimum absolute atomic E-state index is 0.412. The van der Waals surface area contributed by atoms with Gasteiger partial charge in [-0.1, -0.05) is 0 Å². The Morgan fingerprint density at radius 3 is 2.25 bits per heavy atom. The summed E-state index contributed by atoms with van der Waals surface area (Å²) >= 11 is 0. The predicted molar refractivity (Wildman–Crippen MR) is 75.2 cm³/mol. The molecule has 1 aliphatic rings. The second-order valence-corrected chi connectivity index (χ2v) is 4.86. The SMILES string of the molecule is COc1cc(OC)c(C(C#N)NCC2CC2)cc1OC. The van der Waals surface area contributed by atoms with E-state index in [0.717, 1.165) is 12.1 Å². The number of benzene rings is 1. The Balaban J connectivity index is 2.28. The van der Waals surface area contributed by atoms with E-state index in [1.54, 1.807) is 33.5 Å². The van der Waals surface area contributed by atoms with Crippen molar-refractivity contribution in [1.29, 1.82) is 5.26 Å². The molecule has 1 N–H and O–H groups in total. The van der Waals surface area contributed by atoms with Gasteiger partial charge in [0.05, 0.1) is 27.4 Å². The monoisotopic (exact) mass is 276 g/mol. The van der Waals surface area contributed by atoms with Gasteiger partial charge in [-0.2, -0.15) is 5.26 Å². The van der Waals surface area contributed by atoms with Crippen LogP contribution in [0.3, 0.4) is 0 Å². The second kappa shape index (κ2) is 6.49. The topological polar surface area (TPSA) is 63.5 Å². The molecule has 108 valence electrons. The van der Waals surface area contributed by atoms with Crippen molar-refractivity contribution in [2.24, 2.45) is 5.92 Å². The summed E-state index contributed by atoms with van der Waals surface area (Å²) in [5, 5.41) is 12.7. The summed E-state index contributed by atoms with van der Waals surface area (Å²) in [6.07, 6.45) is 2.49. The van der Waals surface area contributed by atoms with Crippen LogP contribution in [-0.4, -0.2) is 27.9 Å². The number of nitrogens with zero attached hydrogens (tertiary/aromatic N) is 1. The first kappa shape index (κ1) is 14.5. The smallest absolute Gasteiger partial charge is 0.164 e. The second-order valence-electron chi connectivity index (χ2n) is 4.86. The van der Waals surface area contributed by atoms with Crippen molar-refractivity contribution in [1.82, 2.24) is 5.32 Å². The zero-order chi connectivity index (χ0) is 14.5. The molecule has 1 fully saturated rings. The van der Waals surface area contributed by atoms with Crippen molar-refractivity contribution in [3.05, 3.63) is 17.7 Å². The van der Waals surface area contributed by atoms with Crippen LogP contribution < -0.4 is 19.5 Å². The summed E-state index contributed by atoms with van der Waals surface area (Å²) in [5.41, 5.74) is 0.772. The van der Waals surface area contributed by atoms with E-state index >= 15 is 0 Å². The number of hydrogen-bond acceptors (Lipinski definition) is 5. The molecule has 0 heterocycles. The molecule has 0 aromatic heterocycles.